The van der Waals surface area contributed by atoms with Crippen LogP contribution in [0.2, 0.25) is 10.0 Å². The molecule has 2 aromatic carbocycles. The van der Waals surface area contributed by atoms with E-state index >= 15 is 0 Å². The molecule has 0 saturated carbocycles. The number of hydrogen-bond acceptors (Lipinski definition) is 2. The molecule has 0 bridgehead atoms. The summed E-state index contributed by atoms with van der Waals surface area (Å²) in [5, 5.41) is 0.947. The molecular weight excluding hydrogens is 434 g/mol. The standard InChI is InChI=1S/C25H25Cl2FN2O/c1-25(2,3)19-9-6-18(7-10-19)16-30(24(31)20-5-4-13-29-23(20)28)14-12-17-8-11-21(26)22(27)15-17/h4-11,13,15H,12,14,16H2,1-3H3. The Hall–Kier alpha value is -2.43. The molecule has 31 heavy (non-hydrogen) atoms. The maximum absolute atomic E-state index is 14.2. The second-order valence-electron chi connectivity index (χ2n) is 8.51. The van der Waals surface area contributed by atoms with Crippen LogP contribution in [-0.4, -0.2) is 22.3 Å². The molecule has 3 rings (SSSR count). The van der Waals surface area contributed by atoms with E-state index in [1.165, 1.54) is 17.8 Å². The molecule has 0 aliphatic carbocycles. The third-order valence-corrected chi connectivity index (χ3v) is 5.86. The largest absolute Gasteiger partial charge is 0.334 e. The molecule has 3 nitrogen and oxygen atoms in total. The lowest BCUT2D eigenvalue weighted by Gasteiger charge is -2.24. The summed E-state index contributed by atoms with van der Waals surface area (Å²) in [7, 11) is 0. The van der Waals surface area contributed by atoms with Crippen LogP contribution in [0.25, 0.3) is 0 Å². The number of hydrogen-bond donors (Lipinski definition) is 0. The first-order chi connectivity index (χ1) is 14.6. The van der Waals surface area contributed by atoms with Gasteiger partial charge in [0.2, 0.25) is 5.95 Å². The Bertz CT molecular complexity index is 1060. The van der Waals surface area contributed by atoms with Gasteiger partial charge >= 0.3 is 0 Å². The third-order valence-electron chi connectivity index (χ3n) is 5.12. The number of halogens is 3. The Morgan fingerprint density at radius 3 is 2.29 bits per heavy atom. The first-order valence-electron chi connectivity index (χ1n) is 10.1. The summed E-state index contributed by atoms with van der Waals surface area (Å²) < 4.78 is 14.2. The maximum Gasteiger partial charge on any atom is 0.258 e. The third kappa shape index (κ3) is 6.05. The van der Waals surface area contributed by atoms with Crippen LogP contribution < -0.4 is 0 Å². The van der Waals surface area contributed by atoms with E-state index in [4.69, 9.17) is 23.2 Å². The summed E-state index contributed by atoms with van der Waals surface area (Å²) in [5.41, 5.74) is 3.13. The lowest BCUT2D eigenvalue weighted by molar-refractivity contribution is 0.0739. The van der Waals surface area contributed by atoms with Crippen molar-refractivity contribution in [3.05, 3.63) is 99.0 Å². The van der Waals surface area contributed by atoms with Crippen LogP contribution in [0.3, 0.4) is 0 Å². The monoisotopic (exact) mass is 458 g/mol. The molecule has 0 radical (unpaired) electrons. The predicted octanol–water partition coefficient (Wildman–Crippen LogP) is 6.71. The zero-order chi connectivity index (χ0) is 22.6. The summed E-state index contributed by atoms with van der Waals surface area (Å²) in [4.78, 5) is 18.4. The highest BCUT2D eigenvalue weighted by molar-refractivity contribution is 6.42. The van der Waals surface area contributed by atoms with E-state index in [-0.39, 0.29) is 11.0 Å². The van der Waals surface area contributed by atoms with E-state index in [9.17, 15) is 9.18 Å². The Balaban J connectivity index is 1.83. The minimum atomic E-state index is -0.768. The maximum atomic E-state index is 14.2. The van der Waals surface area contributed by atoms with E-state index in [0.717, 1.165) is 11.1 Å². The van der Waals surface area contributed by atoms with Crippen molar-refractivity contribution in [2.24, 2.45) is 0 Å². The number of carbonyl (C=O) groups is 1. The lowest BCUT2D eigenvalue weighted by Crippen LogP contribution is -2.33. The van der Waals surface area contributed by atoms with Gasteiger partial charge in [-0.3, -0.25) is 4.79 Å². The fourth-order valence-electron chi connectivity index (χ4n) is 3.26. The number of pyridine rings is 1. The zero-order valence-electron chi connectivity index (χ0n) is 17.8. The zero-order valence-corrected chi connectivity index (χ0v) is 19.3. The topological polar surface area (TPSA) is 33.2 Å². The number of nitrogens with zero attached hydrogens (tertiary/aromatic N) is 2. The van der Waals surface area contributed by atoms with Gasteiger partial charge in [0.05, 0.1) is 15.6 Å². The Morgan fingerprint density at radius 1 is 1.00 bits per heavy atom. The Morgan fingerprint density at radius 2 is 1.68 bits per heavy atom. The fraction of sp³-hybridized carbons (Fsp3) is 0.280. The van der Waals surface area contributed by atoms with Crippen molar-refractivity contribution in [3.63, 3.8) is 0 Å². The van der Waals surface area contributed by atoms with Gasteiger partial charge in [-0.05, 0) is 52.8 Å². The Labute approximate surface area is 192 Å². The van der Waals surface area contributed by atoms with E-state index in [1.807, 2.05) is 18.2 Å². The van der Waals surface area contributed by atoms with Crippen LogP contribution in [0.15, 0.2) is 60.8 Å². The van der Waals surface area contributed by atoms with Gasteiger partial charge < -0.3 is 4.90 Å². The van der Waals surface area contributed by atoms with Crippen LogP contribution >= 0.6 is 23.2 Å². The normalized spacial score (nSPS) is 11.4. The van der Waals surface area contributed by atoms with E-state index in [1.54, 1.807) is 23.1 Å². The number of carbonyl (C=O) groups excluding carboxylic acids is 1. The molecule has 3 aromatic rings. The highest BCUT2D eigenvalue weighted by Gasteiger charge is 2.21. The van der Waals surface area contributed by atoms with Crippen molar-refractivity contribution in [3.8, 4) is 0 Å². The average Bonchev–Trinajstić information content (AvgIpc) is 2.73. The highest BCUT2D eigenvalue weighted by Crippen LogP contribution is 2.24. The summed E-state index contributed by atoms with van der Waals surface area (Å²) in [5.74, 6) is -1.17. The quantitative estimate of drug-likeness (QED) is 0.384. The van der Waals surface area contributed by atoms with Gasteiger partial charge in [0.1, 0.15) is 0 Å². The van der Waals surface area contributed by atoms with Crippen LogP contribution in [0.4, 0.5) is 4.39 Å². The van der Waals surface area contributed by atoms with Gasteiger partial charge in [0, 0.05) is 19.3 Å². The second kappa shape index (κ2) is 9.80. The van der Waals surface area contributed by atoms with Gasteiger partial charge in [0.25, 0.3) is 5.91 Å². The van der Waals surface area contributed by atoms with Gasteiger partial charge in [-0.25, -0.2) is 4.98 Å². The van der Waals surface area contributed by atoms with Crippen molar-refractivity contribution >= 4 is 29.1 Å². The van der Waals surface area contributed by atoms with Crippen molar-refractivity contribution in [1.82, 2.24) is 9.88 Å². The minimum Gasteiger partial charge on any atom is -0.334 e. The smallest absolute Gasteiger partial charge is 0.258 e. The first-order valence-corrected chi connectivity index (χ1v) is 10.8. The molecule has 1 amide bonds. The predicted molar refractivity (Wildman–Crippen MR) is 124 cm³/mol. The molecule has 0 spiro atoms. The summed E-state index contributed by atoms with van der Waals surface area (Å²) in [6, 6.07) is 16.6. The number of aromatic nitrogens is 1. The molecule has 0 N–H and O–H groups in total. The summed E-state index contributed by atoms with van der Waals surface area (Å²) in [6.07, 6.45) is 1.89. The lowest BCUT2D eigenvalue weighted by atomic mass is 9.87. The Kier molecular flexibility index (Phi) is 7.34. The SMILES string of the molecule is CC(C)(C)c1ccc(CN(CCc2ccc(Cl)c(Cl)c2)C(=O)c2cccnc2F)cc1. The molecule has 0 saturated heterocycles. The molecule has 1 aromatic heterocycles. The molecule has 162 valence electrons. The number of rotatable bonds is 6. The first kappa shape index (κ1) is 23.2. The van der Waals surface area contributed by atoms with Crippen molar-refractivity contribution < 1.29 is 9.18 Å². The van der Waals surface area contributed by atoms with Crippen LogP contribution in [0, 0.1) is 5.95 Å². The van der Waals surface area contributed by atoms with Gasteiger partial charge in [-0.1, -0.05) is 74.3 Å². The molecule has 0 fully saturated rings. The second-order valence-corrected chi connectivity index (χ2v) is 9.33. The van der Waals surface area contributed by atoms with Crippen LogP contribution in [0.1, 0.15) is 47.8 Å². The van der Waals surface area contributed by atoms with Gasteiger partial charge in [-0.15, -0.1) is 0 Å². The van der Waals surface area contributed by atoms with E-state index < -0.39 is 11.9 Å². The van der Waals surface area contributed by atoms with Crippen molar-refractivity contribution in [1.29, 1.82) is 0 Å². The van der Waals surface area contributed by atoms with Crippen molar-refractivity contribution in [2.45, 2.75) is 39.2 Å². The van der Waals surface area contributed by atoms with Crippen molar-refractivity contribution in [2.75, 3.05) is 6.54 Å². The molecule has 1 heterocycles. The number of amides is 1. The number of benzene rings is 2. The van der Waals surface area contributed by atoms with Crippen LogP contribution in [-0.2, 0) is 18.4 Å². The highest BCUT2D eigenvalue weighted by atomic mass is 35.5. The molecule has 6 heteroatoms. The summed E-state index contributed by atoms with van der Waals surface area (Å²) >= 11 is 12.1. The van der Waals surface area contributed by atoms with E-state index in [0.29, 0.717) is 29.6 Å². The van der Waals surface area contributed by atoms with Crippen LogP contribution in [0.5, 0.6) is 0 Å². The fourth-order valence-corrected chi connectivity index (χ4v) is 3.58. The minimum absolute atomic E-state index is 0.0389. The molecule has 0 aliphatic heterocycles. The molecular formula is C25H25Cl2FN2O. The molecule has 0 atom stereocenters. The van der Waals surface area contributed by atoms with E-state index in [2.05, 4.69) is 37.9 Å². The summed E-state index contributed by atoms with van der Waals surface area (Å²) in [6.45, 7) is 7.21. The van der Waals surface area contributed by atoms with Gasteiger partial charge in [0.15, 0.2) is 0 Å². The average molecular weight is 459 g/mol. The molecule has 0 unspecified atom stereocenters. The van der Waals surface area contributed by atoms with Gasteiger partial charge in [-0.2, -0.15) is 4.39 Å². The molecule has 0 aliphatic rings.